The number of hydrogen-bond acceptors (Lipinski definition) is 2. The van der Waals surface area contributed by atoms with E-state index in [0.29, 0.717) is 0 Å². The molecular formula is C17H15NS. The molecule has 0 N–H and O–H groups in total. The van der Waals surface area contributed by atoms with E-state index < -0.39 is 0 Å². The molecule has 3 aromatic rings. The highest BCUT2D eigenvalue weighted by Gasteiger charge is 2.11. The van der Waals surface area contributed by atoms with Gasteiger partial charge in [0.25, 0.3) is 0 Å². The highest BCUT2D eigenvalue weighted by Crippen LogP contribution is 2.35. The molecular weight excluding hydrogens is 250 g/mol. The maximum Gasteiger partial charge on any atom is 0.124 e. The molecule has 0 aliphatic carbocycles. The topological polar surface area (TPSA) is 12.9 Å². The van der Waals surface area contributed by atoms with E-state index >= 15 is 0 Å². The quantitative estimate of drug-likeness (QED) is 0.628. The van der Waals surface area contributed by atoms with Gasteiger partial charge in [-0.15, -0.1) is 11.3 Å². The van der Waals surface area contributed by atoms with E-state index in [-0.39, 0.29) is 0 Å². The second-order valence-corrected chi connectivity index (χ2v) is 5.78. The summed E-state index contributed by atoms with van der Waals surface area (Å²) < 4.78 is 0. The zero-order valence-electron chi connectivity index (χ0n) is 11.1. The second kappa shape index (κ2) is 4.98. The molecule has 0 aliphatic heterocycles. The molecule has 1 aromatic heterocycles. The van der Waals surface area contributed by atoms with E-state index in [1.807, 2.05) is 6.07 Å². The van der Waals surface area contributed by atoms with Crippen molar-refractivity contribution in [3.8, 4) is 21.7 Å². The molecule has 0 radical (unpaired) electrons. The summed E-state index contributed by atoms with van der Waals surface area (Å²) in [6.45, 7) is 4.20. The third-order valence-corrected chi connectivity index (χ3v) is 4.38. The van der Waals surface area contributed by atoms with Crippen LogP contribution in [0.2, 0.25) is 0 Å². The Balaban J connectivity index is 2.18. The minimum absolute atomic E-state index is 1.11. The molecule has 0 fully saturated rings. The van der Waals surface area contributed by atoms with Crippen LogP contribution in [0, 0.1) is 13.8 Å². The fourth-order valence-electron chi connectivity index (χ4n) is 2.13. The van der Waals surface area contributed by atoms with Crippen molar-refractivity contribution in [3.63, 3.8) is 0 Å². The number of aromatic nitrogens is 1. The Labute approximate surface area is 117 Å². The second-order valence-electron chi connectivity index (χ2n) is 4.57. The van der Waals surface area contributed by atoms with Crippen LogP contribution in [0.1, 0.15) is 10.6 Å². The monoisotopic (exact) mass is 265 g/mol. The molecule has 1 nitrogen and oxygen atoms in total. The average molecular weight is 265 g/mol. The average Bonchev–Trinajstić information content (AvgIpc) is 2.80. The lowest BCUT2D eigenvalue weighted by Crippen LogP contribution is -1.84. The summed E-state index contributed by atoms with van der Waals surface area (Å²) in [6, 6.07) is 19.0. The summed E-state index contributed by atoms with van der Waals surface area (Å²) in [4.78, 5) is 5.97. The third kappa shape index (κ3) is 2.32. The van der Waals surface area contributed by atoms with Gasteiger partial charge in [0.05, 0.1) is 5.69 Å². The Morgan fingerprint density at radius 3 is 2.05 bits per heavy atom. The summed E-state index contributed by atoms with van der Waals surface area (Å²) in [6.07, 6.45) is 0. The van der Waals surface area contributed by atoms with Crippen LogP contribution < -0.4 is 0 Å². The molecule has 19 heavy (non-hydrogen) atoms. The number of thiazole rings is 1. The number of hydrogen-bond donors (Lipinski definition) is 0. The van der Waals surface area contributed by atoms with Crippen molar-refractivity contribution in [2.45, 2.75) is 13.8 Å². The van der Waals surface area contributed by atoms with Crippen molar-refractivity contribution in [1.82, 2.24) is 4.98 Å². The number of aryl methyl sites for hydroxylation is 2. The van der Waals surface area contributed by atoms with E-state index in [1.54, 1.807) is 11.3 Å². The molecule has 0 bridgehead atoms. The summed E-state index contributed by atoms with van der Waals surface area (Å²) in [5.74, 6) is 0. The van der Waals surface area contributed by atoms with Crippen LogP contribution in [0.15, 0.2) is 54.6 Å². The first kappa shape index (κ1) is 12.1. The van der Waals surface area contributed by atoms with Gasteiger partial charge in [0.2, 0.25) is 0 Å². The number of nitrogens with zero attached hydrogens (tertiary/aromatic N) is 1. The van der Waals surface area contributed by atoms with Crippen LogP contribution in [-0.2, 0) is 0 Å². The number of benzene rings is 2. The first-order valence-electron chi connectivity index (χ1n) is 6.34. The van der Waals surface area contributed by atoms with Gasteiger partial charge in [-0.25, -0.2) is 4.98 Å². The highest BCUT2D eigenvalue weighted by molar-refractivity contribution is 7.15. The first-order valence-corrected chi connectivity index (χ1v) is 7.16. The van der Waals surface area contributed by atoms with Crippen molar-refractivity contribution >= 4 is 11.3 Å². The molecule has 1 heterocycles. The fraction of sp³-hybridized carbons (Fsp3) is 0.118. The largest absolute Gasteiger partial charge is 0.241 e. The molecule has 0 saturated carbocycles. The van der Waals surface area contributed by atoms with Crippen molar-refractivity contribution in [1.29, 1.82) is 0 Å². The maximum atomic E-state index is 4.69. The van der Waals surface area contributed by atoms with Gasteiger partial charge in [0, 0.05) is 10.4 Å². The normalized spacial score (nSPS) is 10.6. The standard InChI is InChI=1S/C17H15NS/c1-12-13(2)19-17(18-12)16-11-7-6-10-15(16)14-8-4-3-5-9-14/h3-11H,1-2H3. The Morgan fingerprint density at radius 2 is 1.42 bits per heavy atom. The van der Waals surface area contributed by atoms with Crippen LogP contribution in [0.3, 0.4) is 0 Å². The zero-order chi connectivity index (χ0) is 13.2. The lowest BCUT2D eigenvalue weighted by atomic mass is 10.0. The summed E-state index contributed by atoms with van der Waals surface area (Å²) in [7, 11) is 0. The van der Waals surface area contributed by atoms with Gasteiger partial charge in [-0.2, -0.15) is 0 Å². The fourth-order valence-corrected chi connectivity index (χ4v) is 3.08. The van der Waals surface area contributed by atoms with E-state index in [4.69, 9.17) is 0 Å². The maximum absolute atomic E-state index is 4.69. The minimum Gasteiger partial charge on any atom is -0.241 e. The van der Waals surface area contributed by atoms with Crippen LogP contribution in [0.4, 0.5) is 0 Å². The molecule has 0 amide bonds. The van der Waals surface area contributed by atoms with Gasteiger partial charge in [-0.05, 0) is 25.0 Å². The van der Waals surface area contributed by atoms with Crippen LogP contribution in [0.5, 0.6) is 0 Å². The van der Waals surface area contributed by atoms with E-state index in [2.05, 4.69) is 67.4 Å². The lowest BCUT2D eigenvalue weighted by molar-refractivity contribution is 1.23. The molecule has 0 saturated heterocycles. The van der Waals surface area contributed by atoms with Crippen molar-refractivity contribution in [2.75, 3.05) is 0 Å². The van der Waals surface area contributed by atoms with Crippen LogP contribution in [-0.4, -0.2) is 4.98 Å². The molecule has 0 unspecified atom stereocenters. The van der Waals surface area contributed by atoms with E-state index in [1.165, 1.54) is 21.6 Å². The molecule has 3 rings (SSSR count). The predicted molar refractivity (Wildman–Crippen MR) is 82.5 cm³/mol. The molecule has 0 aliphatic rings. The SMILES string of the molecule is Cc1nc(-c2ccccc2-c2ccccc2)sc1C. The van der Waals surface area contributed by atoms with Gasteiger partial charge in [-0.1, -0.05) is 54.6 Å². The van der Waals surface area contributed by atoms with Crippen LogP contribution in [0.25, 0.3) is 21.7 Å². The van der Waals surface area contributed by atoms with Crippen molar-refractivity contribution in [2.24, 2.45) is 0 Å². The predicted octanol–water partition coefficient (Wildman–Crippen LogP) is 5.09. The Hall–Kier alpha value is -1.93. The summed E-state index contributed by atoms with van der Waals surface area (Å²) in [5.41, 5.74) is 4.83. The summed E-state index contributed by atoms with van der Waals surface area (Å²) >= 11 is 1.77. The van der Waals surface area contributed by atoms with Gasteiger partial charge >= 0.3 is 0 Å². The Bertz CT molecular complexity index is 679. The van der Waals surface area contributed by atoms with E-state index in [0.717, 1.165) is 10.7 Å². The molecule has 2 aromatic carbocycles. The van der Waals surface area contributed by atoms with Crippen molar-refractivity contribution in [3.05, 3.63) is 65.2 Å². The molecule has 94 valence electrons. The zero-order valence-corrected chi connectivity index (χ0v) is 11.9. The van der Waals surface area contributed by atoms with Crippen LogP contribution >= 0.6 is 11.3 Å². The highest BCUT2D eigenvalue weighted by atomic mass is 32.1. The first-order chi connectivity index (χ1) is 9.25. The Morgan fingerprint density at radius 1 is 0.789 bits per heavy atom. The van der Waals surface area contributed by atoms with Gasteiger partial charge in [0.15, 0.2) is 0 Å². The molecule has 0 atom stereocenters. The smallest absolute Gasteiger partial charge is 0.124 e. The van der Waals surface area contributed by atoms with E-state index in [9.17, 15) is 0 Å². The summed E-state index contributed by atoms with van der Waals surface area (Å²) in [5, 5.41) is 1.11. The minimum atomic E-state index is 1.11. The molecule has 2 heteroatoms. The number of rotatable bonds is 2. The lowest BCUT2D eigenvalue weighted by Gasteiger charge is -2.07. The van der Waals surface area contributed by atoms with Gasteiger partial charge < -0.3 is 0 Å². The van der Waals surface area contributed by atoms with Gasteiger partial charge in [-0.3, -0.25) is 0 Å². The van der Waals surface area contributed by atoms with Gasteiger partial charge in [0.1, 0.15) is 5.01 Å². The third-order valence-electron chi connectivity index (χ3n) is 3.27. The van der Waals surface area contributed by atoms with Crippen molar-refractivity contribution < 1.29 is 0 Å². The molecule has 0 spiro atoms. The Kier molecular flexibility index (Phi) is 3.18.